The van der Waals surface area contributed by atoms with Gasteiger partial charge in [0.1, 0.15) is 17.6 Å². The van der Waals surface area contributed by atoms with E-state index in [9.17, 15) is 14.0 Å². The molecule has 1 N–H and O–H groups in total. The first-order valence-corrected chi connectivity index (χ1v) is 9.11. The van der Waals surface area contributed by atoms with Gasteiger partial charge in [0.2, 0.25) is 5.91 Å². The summed E-state index contributed by atoms with van der Waals surface area (Å²) in [7, 11) is 0. The lowest BCUT2D eigenvalue weighted by atomic mass is 10.1. The number of carbonyl (C=O) groups is 2. The van der Waals surface area contributed by atoms with Gasteiger partial charge in [0.15, 0.2) is 0 Å². The minimum absolute atomic E-state index is 0.209. The Labute approximate surface area is 165 Å². The average molecular weight is 398 g/mol. The number of anilines is 1. The molecule has 1 aromatic carbocycles. The smallest absolute Gasteiger partial charge is 0.414 e. The highest BCUT2D eigenvalue weighted by molar-refractivity contribution is 5.90. The maximum atomic E-state index is 14.7. The minimum Gasteiger partial charge on any atom is -0.442 e. The number of carbonyl (C=O) groups excluding carboxylic acids is 2. The van der Waals surface area contributed by atoms with Gasteiger partial charge in [-0.1, -0.05) is 11.3 Å². The zero-order valence-electron chi connectivity index (χ0n) is 15.7. The normalized spacial score (nSPS) is 18.1. The molecule has 2 aromatic rings. The number of amides is 2. The molecule has 4 rings (SSSR count). The van der Waals surface area contributed by atoms with Crippen molar-refractivity contribution in [1.82, 2.24) is 20.3 Å². The van der Waals surface area contributed by atoms with Gasteiger partial charge in [-0.25, -0.2) is 13.9 Å². The van der Waals surface area contributed by atoms with Gasteiger partial charge in [-0.15, -0.1) is 5.10 Å². The van der Waals surface area contributed by atoms with E-state index in [1.54, 1.807) is 29.2 Å². The second-order valence-electron chi connectivity index (χ2n) is 6.79. The predicted molar refractivity (Wildman–Crippen MR) is 103 cm³/mol. The van der Waals surface area contributed by atoms with E-state index < -0.39 is 18.0 Å². The van der Waals surface area contributed by atoms with E-state index in [1.807, 2.05) is 6.08 Å². The minimum atomic E-state index is -0.579. The lowest BCUT2D eigenvalue weighted by Gasteiger charge is -2.14. The summed E-state index contributed by atoms with van der Waals surface area (Å²) in [6, 6.07) is 4.46. The highest BCUT2D eigenvalue weighted by Crippen LogP contribution is 2.28. The van der Waals surface area contributed by atoms with Crippen LogP contribution in [-0.4, -0.2) is 58.9 Å². The Morgan fingerprint density at radius 3 is 3.00 bits per heavy atom. The Kier molecular flexibility index (Phi) is 5.07. The first-order chi connectivity index (χ1) is 14.0. The number of benzene rings is 1. The standard InChI is InChI=1S/C19H19FN6O3/c1-12(27)22-8-15-10-26(19(28)29-15)14-2-3-16(17(20)6-14)18-11-25(24-23-18)9-13-4-5-21-7-13/h2-4,6-7,11,15H,5,8-10H2,1H3,(H,22,27)/t15-/m0/s1. The molecular formula is C19H19FN6O3. The van der Waals surface area contributed by atoms with Crippen molar-refractivity contribution in [3.8, 4) is 11.3 Å². The summed E-state index contributed by atoms with van der Waals surface area (Å²) in [5.74, 6) is -0.728. The van der Waals surface area contributed by atoms with Crippen LogP contribution in [0.25, 0.3) is 11.3 Å². The zero-order chi connectivity index (χ0) is 20.4. The molecule has 1 aromatic heterocycles. The Morgan fingerprint density at radius 1 is 1.41 bits per heavy atom. The first kappa shape index (κ1) is 18.8. The molecule has 0 bridgehead atoms. The van der Waals surface area contributed by atoms with Crippen LogP contribution in [0.15, 0.2) is 41.0 Å². The number of halogens is 1. The number of cyclic esters (lactones) is 1. The van der Waals surface area contributed by atoms with Crippen LogP contribution in [0.4, 0.5) is 14.9 Å². The molecule has 1 saturated heterocycles. The van der Waals surface area contributed by atoms with E-state index in [4.69, 9.17) is 4.74 Å². The number of nitrogens with one attached hydrogen (secondary N) is 1. The van der Waals surface area contributed by atoms with Crippen molar-refractivity contribution >= 4 is 23.9 Å². The van der Waals surface area contributed by atoms with Crippen LogP contribution in [0.5, 0.6) is 0 Å². The van der Waals surface area contributed by atoms with Gasteiger partial charge in [0.25, 0.3) is 0 Å². The average Bonchev–Trinajstić information content (AvgIpc) is 3.42. The van der Waals surface area contributed by atoms with Gasteiger partial charge in [-0.3, -0.25) is 14.7 Å². The zero-order valence-corrected chi connectivity index (χ0v) is 15.7. The van der Waals surface area contributed by atoms with Crippen LogP contribution < -0.4 is 10.2 Å². The summed E-state index contributed by atoms with van der Waals surface area (Å²) < 4.78 is 21.6. The lowest BCUT2D eigenvalue weighted by molar-refractivity contribution is -0.119. The van der Waals surface area contributed by atoms with Crippen LogP contribution in [0.3, 0.4) is 0 Å². The maximum Gasteiger partial charge on any atom is 0.414 e. The highest BCUT2D eigenvalue weighted by Gasteiger charge is 2.32. The summed E-state index contributed by atoms with van der Waals surface area (Å²) in [4.78, 5) is 28.6. The van der Waals surface area contributed by atoms with E-state index >= 15 is 0 Å². The van der Waals surface area contributed by atoms with E-state index in [2.05, 4.69) is 20.6 Å². The number of aromatic nitrogens is 3. The molecule has 1 fully saturated rings. The third kappa shape index (κ3) is 4.15. The summed E-state index contributed by atoms with van der Waals surface area (Å²) in [5.41, 5.74) is 2.09. The van der Waals surface area contributed by atoms with Crippen molar-refractivity contribution in [1.29, 1.82) is 0 Å². The van der Waals surface area contributed by atoms with Crippen LogP contribution >= 0.6 is 0 Å². The molecule has 0 radical (unpaired) electrons. The largest absolute Gasteiger partial charge is 0.442 e. The molecule has 0 spiro atoms. The van der Waals surface area contributed by atoms with Gasteiger partial charge >= 0.3 is 6.09 Å². The Bertz CT molecular complexity index is 1020. The topological polar surface area (TPSA) is 102 Å². The number of allylic oxidation sites excluding steroid dienone is 1. The molecule has 2 aliphatic rings. The van der Waals surface area contributed by atoms with E-state index in [1.165, 1.54) is 17.9 Å². The van der Waals surface area contributed by atoms with Crippen molar-refractivity contribution in [3.05, 3.63) is 41.9 Å². The molecule has 0 saturated carbocycles. The number of ether oxygens (including phenoxy) is 1. The molecule has 2 aliphatic heterocycles. The van der Waals surface area contributed by atoms with Gasteiger partial charge in [-0.05, 0) is 23.8 Å². The fourth-order valence-corrected chi connectivity index (χ4v) is 3.16. The first-order valence-electron chi connectivity index (χ1n) is 9.11. The third-order valence-corrected chi connectivity index (χ3v) is 4.59. The van der Waals surface area contributed by atoms with Crippen molar-refractivity contribution in [3.63, 3.8) is 0 Å². The number of hydrogen-bond acceptors (Lipinski definition) is 6. The quantitative estimate of drug-likeness (QED) is 0.796. The van der Waals surface area contributed by atoms with Crippen molar-refractivity contribution in [2.24, 2.45) is 4.99 Å². The van der Waals surface area contributed by atoms with Crippen molar-refractivity contribution in [2.75, 3.05) is 24.5 Å². The van der Waals surface area contributed by atoms with E-state index in [-0.39, 0.29) is 24.6 Å². The fraction of sp³-hybridized carbons (Fsp3) is 0.316. The Hall–Kier alpha value is -3.56. The molecule has 9 nitrogen and oxygen atoms in total. The second-order valence-corrected chi connectivity index (χ2v) is 6.79. The summed E-state index contributed by atoms with van der Waals surface area (Å²) in [6.45, 7) is 3.01. The number of rotatable bonds is 6. The Balaban J connectivity index is 1.47. The van der Waals surface area contributed by atoms with Gasteiger partial charge in [-0.2, -0.15) is 0 Å². The monoisotopic (exact) mass is 398 g/mol. The second kappa shape index (κ2) is 7.82. The van der Waals surface area contributed by atoms with E-state index in [0.717, 1.165) is 5.57 Å². The molecule has 0 aliphatic carbocycles. The molecule has 150 valence electrons. The van der Waals surface area contributed by atoms with E-state index in [0.29, 0.717) is 24.5 Å². The van der Waals surface area contributed by atoms with Crippen molar-refractivity contribution < 1.29 is 18.7 Å². The number of nitrogens with zero attached hydrogens (tertiary/aromatic N) is 5. The molecule has 0 unspecified atom stereocenters. The summed E-state index contributed by atoms with van der Waals surface area (Å²) in [5, 5.41) is 10.7. The SMILES string of the molecule is CC(=O)NC[C@H]1CN(c2ccc(-c3cn(CC4=CCN=C4)nn3)c(F)c2)C(=O)O1. The fourth-order valence-electron chi connectivity index (χ4n) is 3.16. The molecule has 1 atom stereocenters. The lowest BCUT2D eigenvalue weighted by Crippen LogP contribution is -2.33. The molecular weight excluding hydrogens is 379 g/mol. The van der Waals surface area contributed by atoms with Gasteiger partial charge in [0.05, 0.1) is 38.1 Å². The van der Waals surface area contributed by atoms with Gasteiger partial charge in [0, 0.05) is 18.7 Å². The number of hydrogen-bond donors (Lipinski definition) is 1. The number of aliphatic imine (C=N–C) groups is 1. The summed E-state index contributed by atoms with van der Waals surface area (Å²) in [6.07, 6.45) is 4.38. The van der Waals surface area contributed by atoms with Crippen LogP contribution in [0, 0.1) is 5.82 Å². The van der Waals surface area contributed by atoms with Crippen LogP contribution in [0.1, 0.15) is 6.92 Å². The third-order valence-electron chi connectivity index (χ3n) is 4.59. The van der Waals surface area contributed by atoms with Crippen LogP contribution in [0.2, 0.25) is 0 Å². The van der Waals surface area contributed by atoms with Crippen LogP contribution in [-0.2, 0) is 16.1 Å². The Morgan fingerprint density at radius 2 is 2.28 bits per heavy atom. The molecule has 29 heavy (non-hydrogen) atoms. The summed E-state index contributed by atoms with van der Waals surface area (Å²) >= 11 is 0. The maximum absolute atomic E-state index is 14.7. The van der Waals surface area contributed by atoms with Gasteiger partial charge < -0.3 is 10.1 Å². The highest BCUT2D eigenvalue weighted by atomic mass is 19.1. The van der Waals surface area contributed by atoms with Crippen molar-refractivity contribution in [2.45, 2.75) is 19.6 Å². The molecule has 2 amide bonds. The predicted octanol–water partition coefficient (Wildman–Crippen LogP) is 1.56. The molecule has 10 heteroatoms. The molecule has 3 heterocycles.